The molecule has 4 rings (SSSR count). The van der Waals surface area contributed by atoms with Crippen LogP contribution in [0.5, 0.6) is 0 Å². The van der Waals surface area contributed by atoms with Gasteiger partial charge in [-0.15, -0.1) is 0 Å². The average molecular weight is 478 g/mol. The molecule has 0 unspecified atom stereocenters. The normalized spacial score (nSPS) is 11.2. The first-order chi connectivity index (χ1) is 16.7. The molecular formula is C26H21F3N4O2. The smallest absolute Gasteiger partial charge is 0.323 e. The Morgan fingerprint density at radius 3 is 2.37 bits per heavy atom. The van der Waals surface area contributed by atoms with Crippen molar-refractivity contribution in [2.24, 2.45) is 0 Å². The quantitative estimate of drug-likeness (QED) is 0.377. The van der Waals surface area contributed by atoms with Gasteiger partial charge in [0.05, 0.1) is 35.8 Å². The van der Waals surface area contributed by atoms with E-state index in [1.54, 1.807) is 18.3 Å². The predicted molar refractivity (Wildman–Crippen MR) is 126 cm³/mol. The monoisotopic (exact) mass is 478 g/mol. The summed E-state index contributed by atoms with van der Waals surface area (Å²) in [5.41, 5.74) is 2.63. The van der Waals surface area contributed by atoms with Crippen LogP contribution in [-0.4, -0.2) is 21.6 Å². The molecule has 2 amide bonds. The highest BCUT2D eigenvalue weighted by Gasteiger charge is 2.30. The summed E-state index contributed by atoms with van der Waals surface area (Å²) < 4.78 is 40.2. The van der Waals surface area contributed by atoms with Crippen molar-refractivity contribution in [2.75, 3.05) is 10.6 Å². The molecule has 3 aromatic carbocycles. The van der Waals surface area contributed by atoms with Crippen molar-refractivity contribution in [2.45, 2.75) is 19.5 Å². The lowest BCUT2D eigenvalue weighted by Crippen LogP contribution is -2.14. The van der Waals surface area contributed by atoms with Gasteiger partial charge in [-0.05, 0) is 55.0 Å². The fourth-order valence-corrected chi connectivity index (χ4v) is 3.48. The van der Waals surface area contributed by atoms with E-state index in [-0.39, 0.29) is 23.6 Å². The number of aromatic nitrogens is 2. The van der Waals surface area contributed by atoms with Crippen LogP contribution in [0.3, 0.4) is 0 Å². The Kier molecular flexibility index (Phi) is 6.68. The van der Waals surface area contributed by atoms with Crippen LogP contribution < -0.4 is 10.6 Å². The van der Waals surface area contributed by atoms with Crippen LogP contribution in [0.4, 0.5) is 24.5 Å². The molecule has 9 heteroatoms. The minimum Gasteiger partial charge on any atom is -0.323 e. The molecule has 0 radical (unpaired) electrons. The van der Waals surface area contributed by atoms with Gasteiger partial charge in [0.15, 0.2) is 0 Å². The fourth-order valence-electron chi connectivity index (χ4n) is 3.48. The van der Waals surface area contributed by atoms with E-state index in [0.29, 0.717) is 11.4 Å². The molecule has 0 spiro atoms. The average Bonchev–Trinajstić information content (AvgIpc) is 3.27. The molecular weight excluding hydrogens is 457 g/mol. The number of nitrogens with one attached hydrogen (secondary N) is 2. The Bertz CT molecular complexity index is 1360. The van der Waals surface area contributed by atoms with Gasteiger partial charge in [-0.1, -0.05) is 35.9 Å². The van der Waals surface area contributed by atoms with E-state index in [4.69, 9.17) is 0 Å². The minimum absolute atomic E-state index is 0.0482. The van der Waals surface area contributed by atoms with E-state index in [1.807, 2.05) is 31.2 Å². The number of carbonyl (C=O) groups is 2. The van der Waals surface area contributed by atoms with Gasteiger partial charge in [-0.2, -0.15) is 18.3 Å². The van der Waals surface area contributed by atoms with Gasteiger partial charge in [-0.25, -0.2) is 4.68 Å². The van der Waals surface area contributed by atoms with Gasteiger partial charge in [0.25, 0.3) is 5.91 Å². The summed E-state index contributed by atoms with van der Waals surface area (Å²) in [7, 11) is 0. The maximum Gasteiger partial charge on any atom is 0.416 e. The summed E-state index contributed by atoms with van der Waals surface area (Å²) in [6.45, 7) is 1.96. The van der Waals surface area contributed by atoms with E-state index in [1.165, 1.54) is 35.1 Å². The predicted octanol–water partition coefficient (Wildman–Crippen LogP) is 5.63. The third-order valence-electron chi connectivity index (χ3n) is 5.16. The van der Waals surface area contributed by atoms with Crippen molar-refractivity contribution in [3.63, 3.8) is 0 Å². The topological polar surface area (TPSA) is 76.0 Å². The number of alkyl halides is 3. The summed E-state index contributed by atoms with van der Waals surface area (Å²) in [5.74, 6) is -0.711. The first-order valence-electron chi connectivity index (χ1n) is 10.7. The number of rotatable bonds is 6. The van der Waals surface area contributed by atoms with Gasteiger partial charge in [0.2, 0.25) is 5.91 Å². The number of hydrogen-bond acceptors (Lipinski definition) is 3. The second-order valence-corrected chi connectivity index (χ2v) is 7.97. The minimum atomic E-state index is -4.49. The first-order valence-corrected chi connectivity index (χ1v) is 10.7. The SMILES string of the molecule is Cc1cccc(CC(=O)Nc2cnn(-c3ccc(C(=O)Nc4cccc(C(F)(F)F)c4)cc3)c2)c1. The number of benzene rings is 3. The number of hydrogen-bond donors (Lipinski definition) is 2. The summed E-state index contributed by atoms with van der Waals surface area (Å²) in [6, 6.07) is 18.5. The zero-order chi connectivity index (χ0) is 25.0. The van der Waals surface area contributed by atoms with Gasteiger partial charge in [-0.3, -0.25) is 9.59 Å². The van der Waals surface area contributed by atoms with Crippen LogP contribution in [0.1, 0.15) is 27.0 Å². The number of nitrogens with zero attached hydrogens (tertiary/aromatic N) is 2. The molecule has 0 fully saturated rings. The van der Waals surface area contributed by atoms with Gasteiger partial charge in [0.1, 0.15) is 0 Å². The molecule has 0 aliphatic rings. The van der Waals surface area contributed by atoms with E-state index in [9.17, 15) is 22.8 Å². The lowest BCUT2D eigenvalue weighted by atomic mass is 10.1. The fraction of sp³-hybridized carbons (Fsp3) is 0.115. The van der Waals surface area contributed by atoms with Crippen molar-refractivity contribution in [1.82, 2.24) is 9.78 Å². The molecule has 0 aliphatic carbocycles. The van der Waals surface area contributed by atoms with Gasteiger partial charge < -0.3 is 10.6 Å². The van der Waals surface area contributed by atoms with Crippen molar-refractivity contribution >= 4 is 23.2 Å². The van der Waals surface area contributed by atoms with Crippen molar-refractivity contribution in [3.8, 4) is 5.69 Å². The number of anilines is 2. The number of amides is 2. The Morgan fingerprint density at radius 2 is 1.66 bits per heavy atom. The Balaban J connectivity index is 1.38. The maximum absolute atomic E-state index is 12.9. The van der Waals surface area contributed by atoms with Crippen LogP contribution in [0, 0.1) is 6.92 Å². The van der Waals surface area contributed by atoms with Gasteiger partial charge in [0, 0.05) is 11.3 Å². The van der Waals surface area contributed by atoms with Crippen molar-refractivity contribution in [1.29, 1.82) is 0 Å². The van der Waals surface area contributed by atoms with E-state index < -0.39 is 17.6 Å². The molecule has 0 aliphatic heterocycles. The standard InChI is InChI=1S/C26H21F3N4O2/c1-17-4-2-5-18(12-17)13-24(34)31-22-15-30-33(16-22)23-10-8-19(9-11-23)25(35)32-21-7-3-6-20(14-21)26(27,28)29/h2-12,14-16H,13H2,1H3,(H,31,34)(H,32,35). The lowest BCUT2D eigenvalue weighted by Gasteiger charge is -2.10. The highest BCUT2D eigenvalue weighted by Crippen LogP contribution is 2.30. The Hall–Kier alpha value is -4.40. The highest BCUT2D eigenvalue weighted by atomic mass is 19.4. The number of carbonyl (C=O) groups excluding carboxylic acids is 2. The van der Waals surface area contributed by atoms with Crippen LogP contribution in [0.25, 0.3) is 5.69 Å². The zero-order valence-electron chi connectivity index (χ0n) is 18.6. The third kappa shape index (κ3) is 6.14. The molecule has 4 aromatic rings. The summed E-state index contributed by atoms with van der Waals surface area (Å²) in [4.78, 5) is 24.8. The Labute approximate surface area is 199 Å². The largest absolute Gasteiger partial charge is 0.416 e. The summed E-state index contributed by atoms with van der Waals surface area (Å²) in [6.07, 6.45) is -1.10. The Morgan fingerprint density at radius 1 is 0.914 bits per heavy atom. The number of halogens is 3. The second-order valence-electron chi connectivity index (χ2n) is 7.97. The zero-order valence-corrected chi connectivity index (χ0v) is 18.6. The molecule has 0 atom stereocenters. The summed E-state index contributed by atoms with van der Waals surface area (Å²) >= 11 is 0. The van der Waals surface area contributed by atoms with Crippen LogP contribution in [-0.2, 0) is 17.4 Å². The third-order valence-corrected chi connectivity index (χ3v) is 5.16. The van der Waals surface area contributed by atoms with Gasteiger partial charge >= 0.3 is 6.18 Å². The molecule has 1 aromatic heterocycles. The van der Waals surface area contributed by atoms with Crippen LogP contribution in [0.15, 0.2) is 85.2 Å². The highest BCUT2D eigenvalue weighted by molar-refractivity contribution is 6.04. The number of aryl methyl sites for hydroxylation is 1. The summed E-state index contributed by atoms with van der Waals surface area (Å²) in [5, 5.41) is 9.51. The van der Waals surface area contributed by atoms with Crippen molar-refractivity contribution < 1.29 is 22.8 Å². The van der Waals surface area contributed by atoms with Crippen LogP contribution >= 0.6 is 0 Å². The second kappa shape index (κ2) is 9.84. The molecule has 6 nitrogen and oxygen atoms in total. The molecule has 2 N–H and O–H groups in total. The van der Waals surface area contributed by atoms with Crippen molar-refractivity contribution in [3.05, 3.63) is 107 Å². The molecule has 1 heterocycles. The van der Waals surface area contributed by atoms with E-state index in [0.717, 1.165) is 23.3 Å². The van der Waals surface area contributed by atoms with E-state index >= 15 is 0 Å². The maximum atomic E-state index is 12.9. The molecule has 35 heavy (non-hydrogen) atoms. The molecule has 0 saturated carbocycles. The lowest BCUT2D eigenvalue weighted by molar-refractivity contribution is -0.137. The molecule has 178 valence electrons. The van der Waals surface area contributed by atoms with Crippen LogP contribution in [0.2, 0.25) is 0 Å². The molecule has 0 bridgehead atoms. The first kappa shape index (κ1) is 23.7. The molecule has 0 saturated heterocycles. The van der Waals surface area contributed by atoms with E-state index in [2.05, 4.69) is 15.7 Å².